The lowest BCUT2D eigenvalue weighted by atomic mass is 10.2. The van der Waals surface area contributed by atoms with Gasteiger partial charge in [-0.3, -0.25) is 9.47 Å². The van der Waals surface area contributed by atoms with Crippen LogP contribution in [0.3, 0.4) is 0 Å². The average molecular weight is 378 g/mol. The summed E-state index contributed by atoms with van der Waals surface area (Å²) in [7, 11) is 0. The van der Waals surface area contributed by atoms with Crippen LogP contribution in [0.25, 0.3) is 11.1 Å². The summed E-state index contributed by atoms with van der Waals surface area (Å²) < 4.78 is 44.7. The Bertz CT molecular complexity index is 986. The van der Waals surface area contributed by atoms with Crippen LogP contribution in [-0.2, 0) is 12.8 Å². The molecular formula is C18H17F3N4O2. The molecule has 3 aromatic rings. The van der Waals surface area contributed by atoms with E-state index < -0.39 is 17.5 Å². The number of nitrogens with zero attached hydrogens (tertiary/aromatic N) is 4. The molecule has 6 nitrogen and oxygen atoms in total. The molecule has 142 valence electrons. The second-order valence-electron chi connectivity index (χ2n) is 6.41. The van der Waals surface area contributed by atoms with Crippen molar-refractivity contribution in [3.63, 3.8) is 0 Å². The Morgan fingerprint density at radius 2 is 1.78 bits per heavy atom. The van der Waals surface area contributed by atoms with E-state index in [-0.39, 0.29) is 0 Å². The molecule has 0 saturated carbocycles. The number of piperazine rings is 1. The summed E-state index contributed by atoms with van der Waals surface area (Å²) in [6.45, 7) is 2.96. The van der Waals surface area contributed by atoms with Gasteiger partial charge in [0, 0.05) is 32.4 Å². The number of pyridine rings is 1. The molecule has 0 unspecified atom stereocenters. The van der Waals surface area contributed by atoms with Gasteiger partial charge in [0.2, 0.25) is 0 Å². The van der Waals surface area contributed by atoms with Gasteiger partial charge in [-0.1, -0.05) is 12.1 Å². The maximum absolute atomic E-state index is 12.6. The molecule has 9 heteroatoms. The number of hydrogen-bond acceptors (Lipinski definition) is 5. The van der Waals surface area contributed by atoms with Crippen molar-refractivity contribution in [2.24, 2.45) is 0 Å². The summed E-state index contributed by atoms with van der Waals surface area (Å²) in [6.07, 6.45) is -3.52. The lowest BCUT2D eigenvalue weighted by Crippen LogP contribution is -2.47. The van der Waals surface area contributed by atoms with E-state index in [0.717, 1.165) is 17.8 Å². The largest absolute Gasteiger partial charge is 0.421 e. The van der Waals surface area contributed by atoms with E-state index in [1.54, 1.807) is 10.6 Å². The monoisotopic (exact) mass is 378 g/mol. The zero-order valence-electron chi connectivity index (χ0n) is 14.3. The van der Waals surface area contributed by atoms with E-state index in [1.807, 2.05) is 23.1 Å². The van der Waals surface area contributed by atoms with Crippen LogP contribution in [0.5, 0.6) is 0 Å². The van der Waals surface area contributed by atoms with E-state index in [4.69, 9.17) is 4.42 Å². The van der Waals surface area contributed by atoms with E-state index in [9.17, 15) is 18.0 Å². The summed E-state index contributed by atoms with van der Waals surface area (Å²) >= 11 is 0. The number of halogens is 3. The maximum atomic E-state index is 12.6. The van der Waals surface area contributed by atoms with Crippen molar-refractivity contribution in [2.75, 3.05) is 31.1 Å². The lowest BCUT2D eigenvalue weighted by Gasteiger charge is -2.35. The van der Waals surface area contributed by atoms with E-state index in [0.29, 0.717) is 44.2 Å². The molecule has 0 bridgehead atoms. The molecule has 0 radical (unpaired) electrons. The molecule has 0 atom stereocenters. The van der Waals surface area contributed by atoms with E-state index >= 15 is 0 Å². The van der Waals surface area contributed by atoms with E-state index in [2.05, 4.69) is 9.88 Å². The Morgan fingerprint density at radius 1 is 1.04 bits per heavy atom. The Morgan fingerprint density at radius 3 is 2.44 bits per heavy atom. The first-order chi connectivity index (χ1) is 12.9. The van der Waals surface area contributed by atoms with Crippen LogP contribution in [0.2, 0.25) is 0 Å². The average Bonchev–Trinajstić information content (AvgIpc) is 2.97. The molecule has 2 aromatic heterocycles. The minimum absolute atomic E-state index is 0.400. The van der Waals surface area contributed by atoms with Crippen molar-refractivity contribution in [1.29, 1.82) is 0 Å². The van der Waals surface area contributed by atoms with Gasteiger partial charge < -0.3 is 9.32 Å². The van der Waals surface area contributed by atoms with Crippen LogP contribution in [0.15, 0.2) is 51.8 Å². The second-order valence-corrected chi connectivity index (χ2v) is 6.41. The fourth-order valence-electron chi connectivity index (χ4n) is 3.21. The van der Waals surface area contributed by atoms with Crippen LogP contribution >= 0.6 is 0 Å². The number of hydrogen-bond donors (Lipinski definition) is 0. The van der Waals surface area contributed by atoms with Crippen LogP contribution in [0, 0.1) is 0 Å². The van der Waals surface area contributed by atoms with Crippen molar-refractivity contribution in [3.8, 4) is 0 Å². The van der Waals surface area contributed by atoms with Crippen LogP contribution in [-0.4, -0.2) is 40.6 Å². The molecular weight excluding hydrogens is 361 g/mol. The third-order valence-electron chi connectivity index (χ3n) is 4.69. The highest BCUT2D eigenvalue weighted by Crippen LogP contribution is 2.29. The summed E-state index contributed by atoms with van der Waals surface area (Å²) in [6, 6.07) is 9.69. The number of fused-ring (bicyclic) bond motifs is 1. The number of anilines is 1. The molecule has 1 saturated heterocycles. The Hall–Kier alpha value is -2.81. The van der Waals surface area contributed by atoms with Crippen molar-refractivity contribution in [3.05, 3.63) is 58.7 Å². The van der Waals surface area contributed by atoms with Gasteiger partial charge in [-0.2, -0.15) is 13.2 Å². The molecule has 3 heterocycles. The maximum Gasteiger partial charge on any atom is 0.421 e. The molecule has 0 N–H and O–H groups in total. The summed E-state index contributed by atoms with van der Waals surface area (Å²) in [5.74, 6) is 0.122. The smallest absolute Gasteiger partial charge is 0.408 e. The number of para-hydroxylation sites is 2. The molecule has 1 aliphatic heterocycles. The lowest BCUT2D eigenvalue weighted by molar-refractivity contribution is -0.137. The molecule has 27 heavy (non-hydrogen) atoms. The van der Waals surface area contributed by atoms with Crippen molar-refractivity contribution in [1.82, 2.24) is 14.5 Å². The fraction of sp³-hybridized carbons (Fsp3) is 0.333. The minimum atomic E-state index is -4.38. The van der Waals surface area contributed by atoms with Gasteiger partial charge in [0.1, 0.15) is 5.82 Å². The number of benzene rings is 1. The Labute approximate surface area is 152 Å². The summed E-state index contributed by atoms with van der Waals surface area (Å²) in [4.78, 5) is 20.0. The molecule has 0 aliphatic carbocycles. The van der Waals surface area contributed by atoms with E-state index in [1.165, 1.54) is 6.07 Å². The molecule has 1 fully saturated rings. The fourth-order valence-corrected chi connectivity index (χ4v) is 3.21. The molecule has 1 aliphatic rings. The van der Waals surface area contributed by atoms with Crippen LogP contribution < -0.4 is 10.7 Å². The minimum Gasteiger partial charge on any atom is -0.408 e. The normalized spacial score (nSPS) is 16.2. The van der Waals surface area contributed by atoms with Crippen molar-refractivity contribution >= 4 is 16.9 Å². The van der Waals surface area contributed by atoms with Gasteiger partial charge in [0.05, 0.1) is 17.7 Å². The molecule has 1 aromatic carbocycles. The highest BCUT2D eigenvalue weighted by Gasteiger charge is 2.31. The standard InChI is InChI=1S/C18H17F3N4O2/c19-18(20,21)13-5-6-16(22-11-13)24-9-7-23(8-10-24)12-25-14-3-1-2-4-15(14)27-17(25)26/h1-6,11H,7-10,12H2. The second kappa shape index (κ2) is 6.73. The first-order valence-electron chi connectivity index (χ1n) is 8.51. The molecule has 4 rings (SSSR count). The SMILES string of the molecule is O=c1oc2ccccc2n1CN1CCN(c2ccc(C(F)(F)F)cn2)CC1. The van der Waals surface area contributed by atoms with Gasteiger partial charge in [-0.05, 0) is 24.3 Å². The summed E-state index contributed by atoms with van der Waals surface area (Å²) in [5.41, 5.74) is 0.542. The van der Waals surface area contributed by atoms with Crippen molar-refractivity contribution in [2.45, 2.75) is 12.8 Å². The first-order valence-corrected chi connectivity index (χ1v) is 8.51. The van der Waals surface area contributed by atoms with Gasteiger partial charge in [0.15, 0.2) is 5.58 Å². The highest BCUT2D eigenvalue weighted by atomic mass is 19.4. The molecule has 0 amide bonds. The molecule has 0 spiro atoms. The predicted molar refractivity (Wildman–Crippen MR) is 93.5 cm³/mol. The number of alkyl halides is 3. The Kier molecular flexibility index (Phi) is 4.39. The van der Waals surface area contributed by atoms with Crippen molar-refractivity contribution < 1.29 is 17.6 Å². The number of oxazole rings is 1. The van der Waals surface area contributed by atoms with Crippen LogP contribution in [0.4, 0.5) is 19.0 Å². The predicted octanol–water partition coefficient (Wildman–Crippen LogP) is 2.79. The first kappa shape index (κ1) is 17.6. The van der Waals surface area contributed by atoms with Gasteiger partial charge in [0.25, 0.3) is 0 Å². The van der Waals surface area contributed by atoms with Gasteiger partial charge >= 0.3 is 11.9 Å². The highest BCUT2D eigenvalue weighted by molar-refractivity contribution is 5.72. The third kappa shape index (κ3) is 3.55. The third-order valence-corrected chi connectivity index (χ3v) is 4.69. The zero-order valence-corrected chi connectivity index (χ0v) is 14.3. The Balaban J connectivity index is 1.42. The zero-order chi connectivity index (χ0) is 19.0. The van der Waals surface area contributed by atoms with Gasteiger partial charge in [-0.15, -0.1) is 0 Å². The summed E-state index contributed by atoms with van der Waals surface area (Å²) in [5, 5.41) is 0. The number of aromatic nitrogens is 2. The quantitative estimate of drug-likeness (QED) is 0.702. The van der Waals surface area contributed by atoms with Crippen LogP contribution in [0.1, 0.15) is 5.56 Å². The topological polar surface area (TPSA) is 54.5 Å². The number of rotatable bonds is 3. The van der Waals surface area contributed by atoms with Gasteiger partial charge in [-0.25, -0.2) is 9.78 Å².